The fraction of sp³-hybridized carbons (Fsp3) is 0.160. The maximum absolute atomic E-state index is 13.0. The first-order valence-corrected chi connectivity index (χ1v) is 11.2. The molecule has 0 atom stereocenters. The Labute approximate surface area is 194 Å². The number of carbonyl (C=O) groups excluding carboxylic acids is 2. The molecule has 0 bridgehead atoms. The van der Waals surface area contributed by atoms with Crippen molar-refractivity contribution in [3.05, 3.63) is 77.4 Å². The standard InChI is InChI=1S/C25H21N7O2/c33-22(31-24-27-17-9-3-4-10-18(17)28-24)16-8-5-11-19-21(16)30-25(29-19)32-23(34)20-12-14-6-1-2-7-15(14)13-26-20/h1-2,5-8,11-13H,3-4,9-10H2,(H2,27,28,31,33)(H2,29,30,32,34). The Hall–Kier alpha value is -4.53. The lowest BCUT2D eigenvalue weighted by molar-refractivity contribution is 0.101. The minimum Gasteiger partial charge on any atom is -0.328 e. The van der Waals surface area contributed by atoms with Crippen molar-refractivity contribution in [2.45, 2.75) is 25.7 Å². The summed E-state index contributed by atoms with van der Waals surface area (Å²) < 4.78 is 0. The van der Waals surface area contributed by atoms with Gasteiger partial charge in [-0.1, -0.05) is 30.3 Å². The highest BCUT2D eigenvalue weighted by Crippen LogP contribution is 2.23. The molecule has 0 unspecified atom stereocenters. The predicted octanol–water partition coefficient (Wildman–Crippen LogP) is 4.22. The zero-order valence-electron chi connectivity index (χ0n) is 18.2. The molecule has 34 heavy (non-hydrogen) atoms. The summed E-state index contributed by atoms with van der Waals surface area (Å²) in [6.45, 7) is 0. The predicted molar refractivity (Wildman–Crippen MR) is 129 cm³/mol. The monoisotopic (exact) mass is 451 g/mol. The number of anilines is 2. The molecule has 9 heteroatoms. The average molecular weight is 451 g/mol. The number of hydrogen-bond acceptors (Lipinski definition) is 5. The van der Waals surface area contributed by atoms with Gasteiger partial charge >= 0.3 is 0 Å². The molecule has 168 valence electrons. The van der Waals surface area contributed by atoms with Gasteiger partial charge in [0.05, 0.1) is 16.8 Å². The number of nitrogens with one attached hydrogen (secondary N) is 4. The van der Waals surface area contributed by atoms with E-state index in [4.69, 9.17) is 0 Å². The molecule has 2 amide bonds. The van der Waals surface area contributed by atoms with Crippen LogP contribution in [0.2, 0.25) is 0 Å². The number of pyridine rings is 1. The highest BCUT2D eigenvalue weighted by atomic mass is 16.2. The van der Waals surface area contributed by atoms with E-state index in [2.05, 4.69) is 35.6 Å². The molecule has 5 aromatic rings. The van der Waals surface area contributed by atoms with Crippen LogP contribution >= 0.6 is 0 Å². The summed E-state index contributed by atoms with van der Waals surface area (Å²) in [7, 11) is 0. The van der Waals surface area contributed by atoms with Crippen LogP contribution in [0.15, 0.2) is 54.7 Å². The molecule has 3 heterocycles. The van der Waals surface area contributed by atoms with Crippen LogP contribution in [0.3, 0.4) is 0 Å². The van der Waals surface area contributed by atoms with Gasteiger partial charge in [0.2, 0.25) is 11.9 Å². The Morgan fingerprint density at radius 1 is 0.824 bits per heavy atom. The molecule has 0 spiro atoms. The number of rotatable bonds is 4. The van der Waals surface area contributed by atoms with Crippen molar-refractivity contribution in [1.29, 1.82) is 0 Å². The van der Waals surface area contributed by atoms with Crippen molar-refractivity contribution >= 4 is 45.5 Å². The second-order valence-electron chi connectivity index (χ2n) is 8.33. The van der Waals surface area contributed by atoms with Gasteiger partial charge in [0, 0.05) is 17.3 Å². The number of carbonyl (C=O) groups is 2. The van der Waals surface area contributed by atoms with Gasteiger partial charge in [0.25, 0.3) is 11.8 Å². The first kappa shape index (κ1) is 20.1. The van der Waals surface area contributed by atoms with E-state index in [1.165, 1.54) is 0 Å². The minimum atomic E-state index is -0.392. The van der Waals surface area contributed by atoms with Gasteiger partial charge in [-0.25, -0.2) is 9.97 Å². The molecule has 1 aliphatic carbocycles. The van der Waals surface area contributed by atoms with Gasteiger partial charge in [-0.2, -0.15) is 0 Å². The average Bonchev–Trinajstić information content (AvgIpc) is 3.46. The van der Waals surface area contributed by atoms with E-state index in [0.717, 1.165) is 47.8 Å². The second-order valence-corrected chi connectivity index (χ2v) is 8.33. The van der Waals surface area contributed by atoms with Crippen LogP contribution in [0.4, 0.5) is 11.9 Å². The van der Waals surface area contributed by atoms with E-state index >= 15 is 0 Å². The lowest BCUT2D eigenvalue weighted by Crippen LogP contribution is -2.15. The number of imidazole rings is 2. The third-order valence-electron chi connectivity index (χ3n) is 6.04. The molecular weight excluding hydrogens is 430 g/mol. The fourth-order valence-electron chi connectivity index (χ4n) is 4.34. The summed E-state index contributed by atoms with van der Waals surface area (Å²) in [5.74, 6) is -0.0294. The molecule has 4 N–H and O–H groups in total. The van der Waals surface area contributed by atoms with E-state index in [1.807, 2.05) is 24.3 Å². The highest BCUT2D eigenvalue weighted by molar-refractivity contribution is 6.11. The largest absolute Gasteiger partial charge is 0.328 e. The van der Waals surface area contributed by atoms with Crippen LogP contribution in [0, 0.1) is 0 Å². The molecule has 6 rings (SSSR count). The SMILES string of the molecule is O=C(Nc1nc2c(C(=O)Nc3nc4c([nH]3)CCCC4)cccc2[nH]1)c1cc2ccccc2cn1. The number of aromatic amines is 2. The fourth-order valence-corrected chi connectivity index (χ4v) is 4.34. The minimum absolute atomic E-state index is 0.240. The smallest absolute Gasteiger partial charge is 0.276 e. The van der Waals surface area contributed by atoms with Gasteiger partial charge in [-0.3, -0.25) is 25.2 Å². The summed E-state index contributed by atoms with van der Waals surface area (Å²) in [5.41, 5.74) is 3.86. The Morgan fingerprint density at radius 3 is 2.50 bits per heavy atom. The van der Waals surface area contributed by atoms with E-state index in [0.29, 0.717) is 22.5 Å². The van der Waals surface area contributed by atoms with Crippen molar-refractivity contribution < 1.29 is 9.59 Å². The van der Waals surface area contributed by atoms with Crippen LogP contribution in [0.1, 0.15) is 45.1 Å². The molecule has 9 nitrogen and oxygen atoms in total. The van der Waals surface area contributed by atoms with Crippen molar-refractivity contribution in [3.8, 4) is 0 Å². The van der Waals surface area contributed by atoms with Crippen LogP contribution in [0.5, 0.6) is 0 Å². The van der Waals surface area contributed by atoms with Gasteiger partial charge in [0.1, 0.15) is 11.2 Å². The zero-order chi connectivity index (χ0) is 23.1. The number of amides is 2. The molecule has 3 aromatic heterocycles. The highest BCUT2D eigenvalue weighted by Gasteiger charge is 2.19. The summed E-state index contributed by atoms with van der Waals surface area (Å²) >= 11 is 0. The number of para-hydroxylation sites is 1. The van der Waals surface area contributed by atoms with Gasteiger partial charge < -0.3 is 9.97 Å². The summed E-state index contributed by atoms with van der Waals surface area (Å²) in [5, 5.41) is 7.46. The van der Waals surface area contributed by atoms with Crippen LogP contribution < -0.4 is 10.6 Å². The molecule has 0 aliphatic heterocycles. The molecule has 2 aromatic carbocycles. The summed E-state index contributed by atoms with van der Waals surface area (Å²) in [4.78, 5) is 45.3. The second kappa shape index (κ2) is 8.11. The summed E-state index contributed by atoms with van der Waals surface area (Å²) in [6, 6.07) is 14.7. The summed E-state index contributed by atoms with van der Waals surface area (Å²) in [6.07, 6.45) is 5.77. The quantitative estimate of drug-likeness (QED) is 0.325. The third-order valence-corrected chi connectivity index (χ3v) is 6.04. The van der Waals surface area contributed by atoms with Crippen LogP contribution in [-0.4, -0.2) is 36.7 Å². The molecule has 0 saturated heterocycles. The van der Waals surface area contributed by atoms with Crippen molar-refractivity contribution in [3.63, 3.8) is 0 Å². The van der Waals surface area contributed by atoms with Crippen LogP contribution in [-0.2, 0) is 12.8 Å². The first-order chi connectivity index (χ1) is 16.6. The Kier molecular flexibility index (Phi) is 4.80. The lowest BCUT2D eigenvalue weighted by Gasteiger charge is -2.07. The number of benzene rings is 2. The number of fused-ring (bicyclic) bond motifs is 3. The van der Waals surface area contributed by atoms with E-state index < -0.39 is 5.91 Å². The van der Waals surface area contributed by atoms with E-state index in [9.17, 15) is 9.59 Å². The van der Waals surface area contributed by atoms with Crippen molar-refractivity contribution in [2.75, 3.05) is 10.6 Å². The number of aromatic nitrogens is 5. The van der Waals surface area contributed by atoms with E-state index in [-0.39, 0.29) is 17.5 Å². The third kappa shape index (κ3) is 3.66. The first-order valence-electron chi connectivity index (χ1n) is 11.2. The maximum Gasteiger partial charge on any atom is 0.276 e. The van der Waals surface area contributed by atoms with Crippen molar-refractivity contribution in [1.82, 2.24) is 24.9 Å². The normalized spacial score (nSPS) is 13.1. The Morgan fingerprint density at radius 2 is 1.62 bits per heavy atom. The molecule has 0 saturated carbocycles. The number of hydrogen-bond donors (Lipinski definition) is 4. The van der Waals surface area contributed by atoms with Crippen LogP contribution in [0.25, 0.3) is 21.8 Å². The Balaban J connectivity index is 1.24. The number of aryl methyl sites for hydroxylation is 2. The molecule has 1 aliphatic rings. The maximum atomic E-state index is 13.0. The topological polar surface area (TPSA) is 128 Å². The van der Waals surface area contributed by atoms with Gasteiger partial charge in [0.15, 0.2) is 0 Å². The molecular formula is C25H21N7O2. The van der Waals surface area contributed by atoms with Gasteiger partial charge in [-0.05, 0) is 49.3 Å². The number of H-pyrrole nitrogens is 2. The van der Waals surface area contributed by atoms with Crippen molar-refractivity contribution in [2.24, 2.45) is 0 Å². The van der Waals surface area contributed by atoms with E-state index in [1.54, 1.807) is 30.5 Å². The zero-order valence-corrected chi connectivity index (χ0v) is 18.2. The molecule has 0 fully saturated rings. The lowest BCUT2D eigenvalue weighted by atomic mass is 10.0. The Bertz CT molecular complexity index is 1540. The molecule has 0 radical (unpaired) electrons. The number of nitrogens with zero attached hydrogens (tertiary/aromatic N) is 3. The van der Waals surface area contributed by atoms with Gasteiger partial charge in [-0.15, -0.1) is 0 Å².